The second-order valence-electron chi connectivity index (χ2n) is 5.96. The van der Waals surface area contributed by atoms with Gasteiger partial charge in [-0.3, -0.25) is 4.79 Å². The lowest BCUT2D eigenvalue weighted by molar-refractivity contribution is -0.121. The van der Waals surface area contributed by atoms with Crippen LogP contribution in [0, 0.1) is 19.7 Å². The highest BCUT2D eigenvalue weighted by molar-refractivity contribution is 5.79. The van der Waals surface area contributed by atoms with Crippen LogP contribution < -0.4 is 11.1 Å². The van der Waals surface area contributed by atoms with Gasteiger partial charge in [0.25, 0.3) is 5.78 Å². The molecule has 0 fully saturated rings. The van der Waals surface area contributed by atoms with Gasteiger partial charge >= 0.3 is 0 Å². The normalized spacial score (nSPS) is 12.3. The molecule has 3 aromatic rings. The molecular weight excluding hydrogens is 323 g/mol. The van der Waals surface area contributed by atoms with Crippen LogP contribution in [-0.2, 0) is 11.2 Å². The van der Waals surface area contributed by atoms with Crippen molar-refractivity contribution in [1.29, 1.82) is 0 Å². The minimum atomic E-state index is -0.306. The van der Waals surface area contributed by atoms with Crippen LogP contribution in [0.5, 0.6) is 0 Å². The number of benzene rings is 1. The summed E-state index contributed by atoms with van der Waals surface area (Å²) in [5.74, 6) is 0.0927. The lowest BCUT2D eigenvalue weighted by atomic mass is 10.1. The van der Waals surface area contributed by atoms with Gasteiger partial charge in [-0.2, -0.15) is 9.50 Å². The van der Waals surface area contributed by atoms with E-state index in [-0.39, 0.29) is 30.1 Å². The van der Waals surface area contributed by atoms with Crippen molar-refractivity contribution in [3.05, 3.63) is 52.6 Å². The van der Waals surface area contributed by atoms with Gasteiger partial charge in [-0.15, -0.1) is 5.10 Å². The number of halogens is 1. The number of aromatic nitrogens is 4. The molecule has 1 atom stereocenters. The van der Waals surface area contributed by atoms with E-state index in [1.165, 1.54) is 16.6 Å². The lowest BCUT2D eigenvalue weighted by Crippen LogP contribution is -2.29. The molecule has 130 valence electrons. The lowest BCUT2D eigenvalue weighted by Gasteiger charge is -2.16. The quantitative estimate of drug-likeness (QED) is 0.754. The molecule has 0 saturated carbocycles. The first-order valence-corrected chi connectivity index (χ1v) is 7.88. The molecule has 3 rings (SSSR count). The van der Waals surface area contributed by atoms with Crippen LogP contribution in [0.1, 0.15) is 35.5 Å². The summed E-state index contributed by atoms with van der Waals surface area (Å²) >= 11 is 0. The number of anilines is 1. The van der Waals surface area contributed by atoms with Crippen LogP contribution in [0.15, 0.2) is 24.3 Å². The number of nitrogen functional groups attached to an aromatic ring is 1. The van der Waals surface area contributed by atoms with Gasteiger partial charge < -0.3 is 11.1 Å². The summed E-state index contributed by atoms with van der Waals surface area (Å²) in [6.45, 7) is 5.52. The minimum Gasteiger partial charge on any atom is -0.366 e. The SMILES string of the molecule is Cc1nc2nc(N)nn2c(C)c1CC(=O)N[C@@H](C)c1ccc(F)cc1. The van der Waals surface area contributed by atoms with Crippen molar-refractivity contribution in [2.75, 3.05) is 5.73 Å². The van der Waals surface area contributed by atoms with Crippen LogP contribution in [-0.4, -0.2) is 25.5 Å². The highest BCUT2D eigenvalue weighted by atomic mass is 19.1. The standard InChI is InChI=1S/C17H19FN6O/c1-9(12-4-6-13(18)7-5-12)20-15(25)8-14-10(2)21-17-22-16(19)23-24(17)11(14)3/h4-7,9H,8H2,1-3H3,(H2,19,23)(H,20,25)/t9-/m0/s1. The monoisotopic (exact) mass is 342 g/mol. The third-order valence-electron chi connectivity index (χ3n) is 4.15. The van der Waals surface area contributed by atoms with Crippen LogP contribution >= 0.6 is 0 Å². The first-order valence-electron chi connectivity index (χ1n) is 7.88. The Morgan fingerprint density at radius 1 is 1.28 bits per heavy atom. The van der Waals surface area contributed by atoms with Crippen molar-refractivity contribution >= 4 is 17.6 Å². The van der Waals surface area contributed by atoms with E-state index < -0.39 is 0 Å². The molecule has 0 saturated heterocycles. The maximum absolute atomic E-state index is 13.0. The van der Waals surface area contributed by atoms with Gasteiger partial charge in [0.05, 0.1) is 12.5 Å². The molecule has 0 radical (unpaired) electrons. The van der Waals surface area contributed by atoms with Crippen LogP contribution in [0.25, 0.3) is 5.78 Å². The Hall–Kier alpha value is -3.03. The highest BCUT2D eigenvalue weighted by Crippen LogP contribution is 2.17. The topological polar surface area (TPSA) is 98.2 Å². The summed E-state index contributed by atoms with van der Waals surface area (Å²) in [4.78, 5) is 20.8. The van der Waals surface area contributed by atoms with Gasteiger partial charge in [-0.1, -0.05) is 12.1 Å². The molecule has 0 aliphatic heterocycles. The first-order chi connectivity index (χ1) is 11.8. The fourth-order valence-corrected chi connectivity index (χ4v) is 2.77. The molecule has 1 amide bonds. The number of carbonyl (C=O) groups excluding carboxylic acids is 1. The molecule has 0 aliphatic carbocycles. The number of nitrogens with zero attached hydrogens (tertiary/aromatic N) is 4. The van der Waals surface area contributed by atoms with E-state index in [4.69, 9.17) is 5.73 Å². The number of aryl methyl sites for hydroxylation is 2. The van der Waals surface area contributed by atoms with E-state index in [0.717, 1.165) is 16.8 Å². The Bertz CT molecular complexity index is 934. The zero-order valence-electron chi connectivity index (χ0n) is 14.2. The zero-order valence-corrected chi connectivity index (χ0v) is 14.2. The molecule has 8 heteroatoms. The van der Waals surface area contributed by atoms with Crippen molar-refractivity contribution in [1.82, 2.24) is 24.9 Å². The Morgan fingerprint density at radius 2 is 1.96 bits per heavy atom. The number of nitrogens with one attached hydrogen (secondary N) is 1. The van der Waals surface area contributed by atoms with Crippen molar-refractivity contribution in [2.24, 2.45) is 0 Å². The molecule has 0 bridgehead atoms. The van der Waals surface area contributed by atoms with Crippen molar-refractivity contribution in [2.45, 2.75) is 33.2 Å². The average molecular weight is 342 g/mol. The highest BCUT2D eigenvalue weighted by Gasteiger charge is 2.17. The summed E-state index contributed by atoms with van der Waals surface area (Å²) in [5, 5.41) is 7.00. The Labute approximate surface area is 144 Å². The Balaban J connectivity index is 1.78. The largest absolute Gasteiger partial charge is 0.366 e. The van der Waals surface area contributed by atoms with Crippen molar-refractivity contribution < 1.29 is 9.18 Å². The van der Waals surface area contributed by atoms with Gasteiger partial charge in [-0.25, -0.2) is 9.37 Å². The van der Waals surface area contributed by atoms with Gasteiger partial charge in [0.2, 0.25) is 11.9 Å². The summed E-state index contributed by atoms with van der Waals surface area (Å²) in [6, 6.07) is 5.83. The Morgan fingerprint density at radius 3 is 2.64 bits per heavy atom. The van der Waals surface area contributed by atoms with E-state index in [2.05, 4.69) is 20.4 Å². The van der Waals surface area contributed by atoms with Crippen LogP contribution in [0.4, 0.5) is 10.3 Å². The Kier molecular flexibility index (Phi) is 4.35. The zero-order chi connectivity index (χ0) is 18.1. The maximum atomic E-state index is 13.0. The van der Waals surface area contributed by atoms with Crippen molar-refractivity contribution in [3.63, 3.8) is 0 Å². The number of carbonyl (C=O) groups is 1. The van der Waals surface area contributed by atoms with Crippen LogP contribution in [0.2, 0.25) is 0 Å². The maximum Gasteiger partial charge on any atom is 0.254 e. The van der Waals surface area contributed by atoms with E-state index in [0.29, 0.717) is 11.5 Å². The number of hydrogen-bond acceptors (Lipinski definition) is 5. The molecule has 0 aliphatic rings. The van der Waals surface area contributed by atoms with E-state index in [9.17, 15) is 9.18 Å². The summed E-state index contributed by atoms with van der Waals surface area (Å²) in [5.41, 5.74) is 8.71. The molecular formula is C17H19FN6O. The predicted molar refractivity (Wildman–Crippen MR) is 91.3 cm³/mol. The number of amides is 1. The molecule has 2 heterocycles. The average Bonchev–Trinajstić information content (AvgIpc) is 2.92. The molecule has 2 aromatic heterocycles. The minimum absolute atomic E-state index is 0.140. The van der Waals surface area contributed by atoms with Gasteiger partial charge in [0.1, 0.15) is 5.82 Å². The second-order valence-corrected chi connectivity index (χ2v) is 5.96. The molecule has 25 heavy (non-hydrogen) atoms. The first kappa shape index (κ1) is 16.8. The molecule has 3 N–H and O–H groups in total. The van der Waals surface area contributed by atoms with E-state index >= 15 is 0 Å². The van der Waals surface area contributed by atoms with Crippen LogP contribution in [0.3, 0.4) is 0 Å². The van der Waals surface area contributed by atoms with Gasteiger partial charge in [-0.05, 0) is 38.5 Å². The second kappa shape index (κ2) is 6.46. The smallest absolute Gasteiger partial charge is 0.254 e. The van der Waals surface area contributed by atoms with E-state index in [1.807, 2.05) is 20.8 Å². The third-order valence-corrected chi connectivity index (χ3v) is 4.15. The fourth-order valence-electron chi connectivity index (χ4n) is 2.77. The predicted octanol–water partition coefficient (Wildman–Crippen LogP) is 1.88. The van der Waals surface area contributed by atoms with Crippen molar-refractivity contribution in [3.8, 4) is 0 Å². The number of nitrogens with two attached hydrogens (primary N) is 1. The summed E-state index contributed by atoms with van der Waals surface area (Å²) < 4.78 is 14.5. The van der Waals surface area contributed by atoms with Gasteiger partial charge in [0.15, 0.2) is 0 Å². The van der Waals surface area contributed by atoms with E-state index in [1.54, 1.807) is 12.1 Å². The molecule has 0 spiro atoms. The number of fused-ring (bicyclic) bond motifs is 1. The molecule has 1 aromatic carbocycles. The summed E-state index contributed by atoms with van der Waals surface area (Å²) in [7, 11) is 0. The van der Waals surface area contributed by atoms with Gasteiger partial charge in [0, 0.05) is 17.0 Å². The molecule has 7 nitrogen and oxygen atoms in total. The number of hydrogen-bond donors (Lipinski definition) is 2. The number of rotatable bonds is 4. The third kappa shape index (κ3) is 3.42. The summed E-state index contributed by atoms with van der Waals surface area (Å²) in [6.07, 6.45) is 0.159. The fraction of sp³-hybridized carbons (Fsp3) is 0.294. The molecule has 0 unspecified atom stereocenters.